The standard InChI is InChI=1S/C14H21BrN2O2/c1-4-17(5-2)14(18)10-19-12-6-7-13(15)11(8-12)9-16-3/h6-8,16H,4-5,9-10H2,1-3H3. The van der Waals surface area contributed by atoms with Crippen LogP contribution in [0.5, 0.6) is 5.75 Å². The molecule has 1 aromatic rings. The SMILES string of the molecule is CCN(CC)C(=O)COc1ccc(Br)c(CNC)c1. The number of rotatable bonds is 7. The van der Waals surface area contributed by atoms with Crippen molar-refractivity contribution in [2.75, 3.05) is 26.7 Å². The average molecular weight is 329 g/mol. The molecule has 0 aliphatic heterocycles. The lowest BCUT2D eigenvalue weighted by atomic mass is 10.2. The molecule has 19 heavy (non-hydrogen) atoms. The van der Waals surface area contributed by atoms with E-state index in [1.54, 1.807) is 4.90 Å². The maximum Gasteiger partial charge on any atom is 0.260 e. The number of hydrogen-bond acceptors (Lipinski definition) is 3. The molecule has 106 valence electrons. The van der Waals surface area contributed by atoms with Gasteiger partial charge in [0.25, 0.3) is 5.91 Å². The summed E-state index contributed by atoms with van der Waals surface area (Å²) < 4.78 is 6.59. The van der Waals surface area contributed by atoms with Crippen molar-refractivity contribution in [3.63, 3.8) is 0 Å². The summed E-state index contributed by atoms with van der Waals surface area (Å²) in [5.41, 5.74) is 1.11. The molecule has 0 atom stereocenters. The van der Waals surface area contributed by atoms with Gasteiger partial charge >= 0.3 is 0 Å². The zero-order chi connectivity index (χ0) is 14.3. The molecule has 1 rings (SSSR count). The van der Waals surface area contributed by atoms with Crippen LogP contribution >= 0.6 is 15.9 Å². The topological polar surface area (TPSA) is 41.6 Å². The first kappa shape index (κ1) is 16.0. The number of amides is 1. The van der Waals surface area contributed by atoms with Crippen molar-refractivity contribution in [1.82, 2.24) is 10.2 Å². The molecule has 0 aliphatic carbocycles. The fourth-order valence-electron chi connectivity index (χ4n) is 1.78. The molecule has 0 aliphatic rings. The summed E-state index contributed by atoms with van der Waals surface area (Å²) in [4.78, 5) is 13.6. The number of halogens is 1. The van der Waals surface area contributed by atoms with Gasteiger partial charge in [0.05, 0.1) is 0 Å². The Morgan fingerprint density at radius 3 is 2.63 bits per heavy atom. The van der Waals surface area contributed by atoms with Gasteiger partial charge in [0.1, 0.15) is 5.75 Å². The Morgan fingerprint density at radius 1 is 1.37 bits per heavy atom. The van der Waals surface area contributed by atoms with Crippen molar-refractivity contribution in [3.05, 3.63) is 28.2 Å². The van der Waals surface area contributed by atoms with Crippen LogP contribution in [0.15, 0.2) is 22.7 Å². The highest BCUT2D eigenvalue weighted by Crippen LogP contribution is 2.22. The van der Waals surface area contributed by atoms with E-state index in [-0.39, 0.29) is 12.5 Å². The third-order valence-electron chi connectivity index (χ3n) is 2.86. The minimum atomic E-state index is 0.0167. The number of likely N-dealkylation sites (N-methyl/N-ethyl adjacent to an activating group) is 1. The minimum Gasteiger partial charge on any atom is -0.484 e. The minimum absolute atomic E-state index is 0.0167. The number of carbonyl (C=O) groups excluding carboxylic acids is 1. The normalized spacial score (nSPS) is 10.3. The fourth-order valence-corrected chi connectivity index (χ4v) is 2.17. The van der Waals surface area contributed by atoms with E-state index in [2.05, 4.69) is 21.2 Å². The van der Waals surface area contributed by atoms with E-state index < -0.39 is 0 Å². The second-order valence-corrected chi connectivity index (χ2v) is 4.99. The highest BCUT2D eigenvalue weighted by molar-refractivity contribution is 9.10. The van der Waals surface area contributed by atoms with Gasteiger partial charge in [0, 0.05) is 24.1 Å². The molecular formula is C14H21BrN2O2. The van der Waals surface area contributed by atoms with Crippen molar-refractivity contribution in [1.29, 1.82) is 0 Å². The molecule has 0 unspecified atom stereocenters. The zero-order valence-electron chi connectivity index (χ0n) is 11.7. The summed E-state index contributed by atoms with van der Waals surface area (Å²) in [5, 5.41) is 3.09. The van der Waals surface area contributed by atoms with E-state index in [4.69, 9.17) is 4.74 Å². The summed E-state index contributed by atoms with van der Waals surface area (Å²) in [6.07, 6.45) is 0. The molecule has 5 heteroatoms. The van der Waals surface area contributed by atoms with E-state index in [0.717, 1.165) is 16.6 Å². The lowest BCUT2D eigenvalue weighted by molar-refractivity contribution is -0.132. The van der Waals surface area contributed by atoms with Crippen molar-refractivity contribution < 1.29 is 9.53 Å². The third-order valence-corrected chi connectivity index (χ3v) is 3.64. The second-order valence-electron chi connectivity index (χ2n) is 4.14. The summed E-state index contributed by atoms with van der Waals surface area (Å²) in [6.45, 7) is 6.19. The fraction of sp³-hybridized carbons (Fsp3) is 0.500. The summed E-state index contributed by atoms with van der Waals surface area (Å²) >= 11 is 3.49. The van der Waals surface area contributed by atoms with E-state index in [1.807, 2.05) is 39.1 Å². The van der Waals surface area contributed by atoms with Crippen molar-refractivity contribution in [2.24, 2.45) is 0 Å². The van der Waals surface area contributed by atoms with Crippen molar-refractivity contribution >= 4 is 21.8 Å². The molecule has 0 saturated carbocycles. The first-order chi connectivity index (χ1) is 9.12. The predicted octanol–water partition coefficient (Wildman–Crippen LogP) is 2.42. The number of nitrogens with zero attached hydrogens (tertiary/aromatic N) is 1. The maximum absolute atomic E-state index is 11.8. The zero-order valence-corrected chi connectivity index (χ0v) is 13.3. The Hall–Kier alpha value is -1.07. The van der Waals surface area contributed by atoms with Crippen LogP contribution in [0.25, 0.3) is 0 Å². The first-order valence-electron chi connectivity index (χ1n) is 6.45. The molecule has 1 N–H and O–H groups in total. The Labute approximate surface area is 123 Å². The van der Waals surface area contributed by atoms with Gasteiger partial charge in [0.15, 0.2) is 6.61 Å². The summed E-state index contributed by atoms with van der Waals surface area (Å²) in [6, 6.07) is 5.73. The van der Waals surface area contributed by atoms with Crippen LogP contribution in [0, 0.1) is 0 Å². The van der Waals surface area contributed by atoms with Crippen LogP contribution in [0.2, 0.25) is 0 Å². The van der Waals surface area contributed by atoms with Gasteiger partial charge in [-0.1, -0.05) is 15.9 Å². The first-order valence-corrected chi connectivity index (χ1v) is 7.25. The lowest BCUT2D eigenvalue weighted by Crippen LogP contribution is -2.34. The van der Waals surface area contributed by atoms with Crippen LogP contribution < -0.4 is 10.1 Å². The quantitative estimate of drug-likeness (QED) is 0.835. The molecule has 0 fully saturated rings. The average Bonchev–Trinajstić information content (AvgIpc) is 2.41. The molecule has 1 aromatic carbocycles. The van der Waals surface area contributed by atoms with Crippen LogP contribution in [-0.4, -0.2) is 37.6 Å². The molecular weight excluding hydrogens is 308 g/mol. The number of nitrogens with one attached hydrogen (secondary N) is 1. The molecule has 0 bridgehead atoms. The van der Waals surface area contributed by atoms with Gasteiger partial charge in [-0.15, -0.1) is 0 Å². The number of carbonyl (C=O) groups is 1. The third kappa shape index (κ3) is 4.84. The molecule has 1 amide bonds. The largest absolute Gasteiger partial charge is 0.484 e. The van der Waals surface area contributed by atoms with Gasteiger partial charge < -0.3 is 15.0 Å². The van der Waals surface area contributed by atoms with Gasteiger partial charge in [-0.3, -0.25) is 4.79 Å². The molecule has 0 radical (unpaired) electrons. The van der Waals surface area contributed by atoms with E-state index in [1.165, 1.54) is 0 Å². The molecule has 0 aromatic heterocycles. The Bertz CT molecular complexity index is 420. The molecule has 4 nitrogen and oxygen atoms in total. The highest BCUT2D eigenvalue weighted by Gasteiger charge is 2.10. The summed E-state index contributed by atoms with van der Waals surface area (Å²) in [5.74, 6) is 0.733. The second kappa shape index (κ2) is 8.17. The molecule has 0 spiro atoms. The number of hydrogen-bond donors (Lipinski definition) is 1. The predicted molar refractivity (Wildman–Crippen MR) is 80.3 cm³/mol. The van der Waals surface area contributed by atoms with Crippen molar-refractivity contribution in [2.45, 2.75) is 20.4 Å². The van der Waals surface area contributed by atoms with Gasteiger partial charge in [-0.25, -0.2) is 0 Å². The van der Waals surface area contributed by atoms with Gasteiger partial charge in [-0.2, -0.15) is 0 Å². The highest BCUT2D eigenvalue weighted by atomic mass is 79.9. The van der Waals surface area contributed by atoms with Crippen LogP contribution in [0.1, 0.15) is 19.4 Å². The van der Waals surface area contributed by atoms with Gasteiger partial charge in [0.2, 0.25) is 0 Å². The monoisotopic (exact) mass is 328 g/mol. The Kier molecular flexibility index (Phi) is 6.87. The maximum atomic E-state index is 11.8. The van der Waals surface area contributed by atoms with Crippen LogP contribution in [-0.2, 0) is 11.3 Å². The van der Waals surface area contributed by atoms with E-state index in [0.29, 0.717) is 18.8 Å². The number of ether oxygens (including phenoxy) is 1. The van der Waals surface area contributed by atoms with Gasteiger partial charge in [-0.05, 0) is 44.7 Å². The molecule has 0 saturated heterocycles. The smallest absolute Gasteiger partial charge is 0.260 e. The Balaban J connectivity index is 2.62. The van der Waals surface area contributed by atoms with E-state index in [9.17, 15) is 4.79 Å². The molecule has 0 heterocycles. The van der Waals surface area contributed by atoms with Crippen molar-refractivity contribution in [3.8, 4) is 5.75 Å². The van der Waals surface area contributed by atoms with Crippen LogP contribution in [0.4, 0.5) is 0 Å². The van der Waals surface area contributed by atoms with Crippen LogP contribution in [0.3, 0.4) is 0 Å². The summed E-state index contributed by atoms with van der Waals surface area (Å²) in [7, 11) is 1.89. The van der Waals surface area contributed by atoms with E-state index >= 15 is 0 Å². The lowest BCUT2D eigenvalue weighted by Gasteiger charge is -2.18. The Morgan fingerprint density at radius 2 is 2.05 bits per heavy atom. The number of benzene rings is 1.